The third-order valence-corrected chi connectivity index (χ3v) is 5.06. The van der Waals surface area contributed by atoms with E-state index in [2.05, 4.69) is 26.1 Å². The average molecular weight is 300 g/mol. The molecule has 0 bridgehead atoms. The molecule has 0 N–H and O–H groups in total. The molecule has 0 unspecified atom stereocenters. The van der Waals surface area contributed by atoms with Crippen LogP contribution >= 0.6 is 0 Å². The zero-order chi connectivity index (χ0) is 14.9. The van der Waals surface area contributed by atoms with Crippen molar-refractivity contribution in [1.82, 2.24) is 24.7 Å². The van der Waals surface area contributed by atoms with E-state index in [1.807, 2.05) is 17.5 Å². The number of likely N-dealkylation sites (tertiary alicyclic amines) is 1. The van der Waals surface area contributed by atoms with E-state index >= 15 is 0 Å². The lowest BCUT2D eigenvalue weighted by Gasteiger charge is -2.34. The van der Waals surface area contributed by atoms with Gasteiger partial charge in [-0.3, -0.25) is 0 Å². The minimum absolute atomic E-state index is 0.824. The topological polar surface area (TPSA) is 49.6 Å². The van der Waals surface area contributed by atoms with Crippen LogP contribution in [0, 0.1) is 12.8 Å². The van der Waals surface area contributed by atoms with E-state index in [0.717, 1.165) is 36.3 Å². The number of anilines is 1. The zero-order valence-corrected chi connectivity index (χ0v) is 13.3. The molecular formula is C16H24N6. The smallest absolute Gasteiger partial charge is 0.178 e. The number of fused-ring (bicyclic) bond motifs is 1. The highest BCUT2D eigenvalue weighted by atomic mass is 15.4. The summed E-state index contributed by atoms with van der Waals surface area (Å²) in [5.41, 5.74) is 0.824. The zero-order valence-electron chi connectivity index (χ0n) is 13.3. The molecule has 0 radical (unpaired) electrons. The average Bonchev–Trinajstić information content (AvgIpc) is 3.18. The molecule has 2 aliphatic heterocycles. The number of piperidine rings is 1. The molecule has 0 atom stereocenters. The van der Waals surface area contributed by atoms with Gasteiger partial charge in [0.1, 0.15) is 5.82 Å². The van der Waals surface area contributed by atoms with Crippen LogP contribution in [0.15, 0.2) is 12.1 Å². The Morgan fingerprint density at radius 2 is 1.82 bits per heavy atom. The summed E-state index contributed by atoms with van der Waals surface area (Å²) in [6.07, 6.45) is 5.33. The fraction of sp³-hybridized carbons (Fsp3) is 0.688. The first-order valence-corrected chi connectivity index (χ1v) is 8.46. The van der Waals surface area contributed by atoms with Gasteiger partial charge in [0.2, 0.25) is 0 Å². The molecule has 4 heterocycles. The third kappa shape index (κ3) is 2.67. The molecule has 0 amide bonds. The predicted octanol–water partition coefficient (Wildman–Crippen LogP) is 1.74. The lowest BCUT2D eigenvalue weighted by atomic mass is 9.96. The molecule has 6 nitrogen and oxygen atoms in total. The van der Waals surface area contributed by atoms with Crippen molar-refractivity contribution in [2.45, 2.75) is 32.6 Å². The maximum atomic E-state index is 4.69. The number of rotatable bonds is 3. The first-order chi connectivity index (χ1) is 10.8. The van der Waals surface area contributed by atoms with Crippen LogP contribution in [0.2, 0.25) is 0 Å². The summed E-state index contributed by atoms with van der Waals surface area (Å²) in [6.45, 7) is 8.08. The van der Waals surface area contributed by atoms with Crippen molar-refractivity contribution in [3.05, 3.63) is 18.0 Å². The number of hydrogen-bond acceptors (Lipinski definition) is 5. The van der Waals surface area contributed by atoms with Crippen molar-refractivity contribution in [2.75, 3.05) is 37.6 Å². The highest BCUT2D eigenvalue weighted by Gasteiger charge is 2.23. The summed E-state index contributed by atoms with van der Waals surface area (Å²) < 4.78 is 1.84. The summed E-state index contributed by atoms with van der Waals surface area (Å²) >= 11 is 0. The van der Waals surface area contributed by atoms with Gasteiger partial charge in [0.05, 0.1) is 0 Å². The standard InChI is InChI=1S/C16H24N6/c1-13-17-18-15-4-5-16(19-22(13)15)21-10-6-14(7-11-21)12-20-8-2-3-9-20/h4-5,14H,2-3,6-12H2,1H3. The molecule has 4 rings (SSSR count). The van der Waals surface area contributed by atoms with Crippen LogP contribution in [0.25, 0.3) is 5.65 Å². The number of aryl methyl sites for hydroxylation is 1. The van der Waals surface area contributed by atoms with Crippen LogP contribution in [0.5, 0.6) is 0 Å². The second-order valence-electron chi connectivity index (χ2n) is 6.65. The fourth-order valence-corrected chi connectivity index (χ4v) is 3.73. The van der Waals surface area contributed by atoms with E-state index in [1.165, 1.54) is 45.3 Å². The molecule has 118 valence electrons. The van der Waals surface area contributed by atoms with Crippen molar-refractivity contribution in [3.8, 4) is 0 Å². The highest BCUT2D eigenvalue weighted by molar-refractivity contribution is 5.45. The normalized spacial score (nSPS) is 21.0. The Kier molecular flexibility index (Phi) is 3.70. The van der Waals surface area contributed by atoms with Crippen molar-refractivity contribution in [1.29, 1.82) is 0 Å². The first-order valence-electron chi connectivity index (χ1n) is 8.46. The van der Waals surface area contributed by atoms with Crippen LogP contribution in [0.1, 0.15) is 31.5 Å². The Morgan fingerprint density at radius 1 is 1.05 bits per heavy atom. The molecule has 0 aliphatic carbocycles. The highest BCUT2D eigenvalue weighted by Crippen LogP contribution is 2.24. The van der Waals surface area contributed by atoms with Crippen LogP contribution in [0.3, 0.4) is 0 Å². The molecular weight excluding hydrogens is 276 g/mol. The summed E-state index contributed by atoms with van der Waals surface area (Å²) in [7, 11) is 0. The van der Waals surface area contributed by atoms with Gasteiger partial charge in [-0.1, -0.05) is 0 Å². The molecule has 2 aliphatic rings. The summed E-state index contributed by atoms with van der Waals surface area (Å²) in [6, 6.07) is 4.09. The molecule has 0 spiro atoms. The predicted molar refractivity (Wildman–Crippen MR) is 86.1 cm³/mol. The minimum Gasteiger partial charge on any atom is -0.355 e. The van der Waals surface area contributed by atoms with Crippen molar-refractivity contribution in [2.24, 2.45) is 5.92 Å². The Morgan fingerprint density at radius 3 is 2.59 bits per heavy atom. The summed E-state index contributed by atoms with van der Waals surface area (Å²) in [5, 5.41) is 12.9. The van der Waals surface area contributed by atoms with Gasteiger partial charge in [-0.25, -0.2) is 0 Å². The van der Waals surface area contributed by atoms with Crippen molar-refractivity contribution < 1.29 is 0 Å². The maximum absolute atomic E-state index is 4.69. The molecule has 0 aromatic carbocycles. The second kappa shape index (κ2) is 5.83. The van der Waals surface area contributed by atoms with E-state index in [4.69, 9.17) is 5.10 Å². The summed E-state index contributed by atoms with van der Waals surface area (Å²) in [4.78, 5) is 5.05. The van der Waals surface area contributed by atoms with Crippen LogP contribution in [-0.4, -0.2) is 57.4 Å². The van der Waals surface area contributed by atoms with Gasteiger partial charge in [0, 0.05) is 19.6 Å². The Bertz CT molecular complexity index is 637. The summed E-state index contributed by atoms with van der Waals surface area (Å²) in [5.74, 6) is 2.76. The molecule has 2 aromatic rings. The SMILES string of the molecule is Cc1nnc2ccc(N3CCC(CN4CCCC4)CC3)nn12. The molecule has 22 heavy (non-hydrogen) atoms. The monoisotopic (exact) mass is 300 g/mol. The number of aromatic nitrogens is 4. The van der Waals surface area contributed by atoms with Crippen molar-refractivity contribution in [3.63, 3.8) is 0 Å². The van der Waals surface area contributed by atoms with E-state index in [9.17, 15) is 0 Å². The van der Waals surface area contributed by atoms with Gasteiger partial charge >= 0.3 is 0 Å². The molecule has 2 saturated heterocycles. The van der Waals surface area contributed by atoms with Gasteiger partial charge < -0.3 is 9.80 Å². The van der Waals surface area contributed by atoms with E-state index in [0.29, 0.717) is 0 Å². The van der Waals surface area contributed by atoms with E-state index < -0.39 is 0 Å². The lowest BCUT2D eigenvalue weighted by molar-refractivity contribution is 0.249. The van der Waals surface area contributed by atoms with Crippen LogP contribution in [-0.2, 0) is 0 Å². The maximum Gasteiger partial charge on any atom is 0.178 e. The quantitative estimate of drug-likeness (QED) is 0.864. The molecule has 6 heteroatoms. The first kappa shape index (κ1) is 13.9. The minimum atomic E-state index is 0.824. The number of nitrogens with zero attached hydrogens (tertiary/aromatic N) is 6. The van der Waals surface area contributed by atoms with E-state index in [-0.39, 0.29) is 0 Å². The number of hydrogen-bond donors (Lipinski definition) is 0. The van der Waals surface area contributed by atoms with Crippen LogP contribution in [0.4, 0.5) is 5.82 Å². The van der Waals surface area contributed by atoms with Gasteiger partial charge in [-0.2, -0.15) is 4.52 Å². The lowest BCUT2D eigenvalue weighted by Crippen LogP contribution is -2.38. The molecule has 2 aromatic heterocycles. The van der Waals surface area contributed by atoms with Crippen molar-refractivity contribution >= 4 is 11.5 Å². The Labute approximate surface area is 131 Å². The van der Waals surface area contributed by atoms with E-state index in [1.54, 1.807) is 0 Å². The van der Waals surface area contributed by atoms with Gasteiger partial charge in [-0.15, -0.1) is 15.3 Å². The van der Waals surface area contributed by atoms with Gasteiger partial charge in [-0.05, 0) is 63.7 Å². The Hall–Kier alpha value is -1.69. The molecule has 0 saturated carbocycles. The largest absolute Gasteiger partial charge is 0.355 e. The Balaban J connectivity index is 1.40. The van der Waals surface area contributed by atoms with Gasteiger partial charge in [0.25, 0.3) is 0 Å². The fourth-order valence-electron chi connectivity index (χ4n) is 3.73. The third-order valence-electron chi connectivity index (χ3n) is 5.06. The van der Waals surface area contributed by atoms with Gasteiger partial charge in [0.15, 0.2) is 11.5 Å². The molecule has 2 fully saturated rings. The second-order valence-corrected chi connectivity index (χ2v) is 6.65. The van der Waals surface area contributed by atoms with Crippen LogP contribution < -0.4 is 4.90 Å².